The van der Waals surface area contributed by atoms with Crippen molar-refractivity contribution in [3.63, 3.8) is 0 Å². The number of primary amides is 1. The Morgan fingerprint density at radius 1 is 1.19 bits per heavy atom. The van der Waals surface area contributed by atoms with E-state index in [0.29, 0.717) is 31.1 Å². The van der Waals surface area contributed by atoms with E-state index in [2.05, 4.69) is 0 Å². The van der Waals surface area contributed by atoms with Gasteiger partial charge >= 0.3 is 0 Å². The van der Waals surface area contributed by atoms with Crippen molar-refractivity contribution >= 4 is 15.9 Å². The molecule has 1 amide bonds. The third-order valence-electron chi connectivity index (χ3n) is 3.93. The molecule has 0 bridgehead atoms. The summed E-state index contributed by atoms with van der Waals surface area (Å²) >= 11 is 0. The maximum absolute atomic E-state index is 12.5. The average molecular weight is 311 g/mol. The number of amides is 1. The van der Waals surface area contributed by atoms with Crippen LogP contribution in [-0.2, 0) is 10.0 Å². The minimum Gasteiger partial charge on any atom is -0.366 e. The van der Waals surface area contributed by atoms with Crippen molar-refractivity contribution in [1.82, 2.24) is 4.31 Å². The van der Waals surface area contributed by atoms with Crippen LogP contribution < -0.4 is 11.5 Å². The maximum Gasteiger partial charge on any atom is 0.248 e. The van der Waals surface area contributed by atoms with E-state index in [0.717, 1.165) is 19.3 Å². The van der Waals surface area contributed by atoms with Crippen LogP contribution in [0.5, 0.6) is 0 Å². The highest BCUT2D eigenvalue weighted by Crippen LogP contribution is 2.25. The van der Waals surface area contributed by atoms with Gasteiger partial charge in [0.2, 0.25) is 15.9 Å². The monoisotopic (exact) mass is 311 g/mol. The predicted octanol–water partition coefficient (Wildman–Crippen LogP) is 0.535. The molecule has 2 rings (SSSR count). The lowest BCUT2D eigenvalue weighted by atomic mass is 9.95. The van der Waals surface area contributed by atoms with Crippen LogP contribution in [0.4, 0.5) is 0 Å². The summed E-state index contributed by atoms with van der Waals surface area (Å²) in [7, 11) is -3.49. The van der Waals surface area contributed by atoms with Crippen LogP contribution in [0.3, 0.4) is 0 Å². The molecular weight excluding hydrogens is 290 g/mol. The van der Waals surface area contributed by atoms with E-state index in [9.17, 15) is 13.2 Å². The number of carbonyl (C=O) groups excluding carboxylic acids is 1. The maximum atomic E-state index is 12.5. The van der Waals surface area contributed by atoms with Crippen LogP contribution in [0.1, 0.15) is 29.6 Å². The van der Waals surface area contributed by atoms with Gasteiger partial charge in [-0.15, -0.1) is 0 Å². The smallest absolute Gasteiger partial charge is 0.248 e. The number of hydrogen-bond acceptors (Lipinski definition) is 4. The van der Waals surface area contributed by atoms with Gasteiger partial charge in [0, 0.05) is 18.7 Å². The van der Waals surface area contributed by atoms with Crippen molar-refractivity contribution in [3.8, 4) is 0 Å². The number of nitrogens with two attached hydrogens (primary N) is 2. The predicted molar refractivity (Wildman–Crippen MR) is 80.1 cm³/mol. The van der Waals surface area contributed by atoms with Gasteiger partial charge < -0.3 is 11.5 Å². The molecule has 0 saturated carbocycles. The number of rotatable bonds is 5. The molecule has 1 heterocycles. The van der Waals surface area contributed by atoms with Gasteiger partial charge in [-0.1, -0.05) is 0 Å². The zero-order valence-corrected chi connectivity index (χ0v) is 12.7. The van der Waals surface area contributed by atoms with E-state index in [-0.39, 0.29) is 4.90 Å². The van der Waals surface area contributed by atoms with Gasteiger partial charge in [-0.3, -0.25) is 4.79 Å². The van der Waals surface area contributed by atoms with Crippen molar-refractivity contribution < 1.29 is 13.2 Å². The summed E-state index contributed by atoms with van der Waals surface area (Å²) in [4.78, 5) is 11.2. The number of hydrogen-bond donors (Lipinski definition) is 2. The van der Waals surface area contributed by atoms with E-state index < -0.39 is 15.9 Å². The van der Waals surface area contributed by atoms with Gasteiger partial charge in [0.1, 0.15) is 0 Å². The first-order chi connectivity index (χ1) is 9.95. The highest BCUT2D eigenvalue weighted by molar-refractivity contribution is 7.89. The van der Waals surface area contributed by atoms with Crippen molar-refractivity contribution in [2.45, 2.75) is 24.2 Å². The Labute approximate surface area is 125 Å². The molecule has 0 spiro atoms. The fraction of sp³-hybridized carbons (Fsp3) is 0.500. The molecule has 0 aromatic heterocycles. The van der Waals surface area contributed by atoms with Crippen LogP contribution in [0.15, 0.2) is 29.2 Å². The van der Waals surface area contributed by atoms with Crippen molar-refractivity contribution in [2.24, 2.45) is 17.4 Å². The Morgan fingerprint density at radius 2 is 1.76 bits per heavy atom. The van der Waals surface area contributed by atoms with Crippen molar-refractivity contribution in [2.75, 3.05) is 19.6 Å². The lowest BCUT2D eigenvalue weighted by Crippen LogP contribution is -2.38. The Morgan fingerprint density at radius 3 is 2.24 bits per heavy atom. The molecule has 0 aliphatic carbocycles. The third-order valence-corrected chi connectivity index (χ3v) is 5.84. The highest BCUT2D eigenvalue weighted by Gasteiger charge is 2.29. The molecule has 1 aromatic rings. The molecule has 4 N–H and O–H groups in total. The minimum absolute atomic E-state index is 0.199. The molecule has 21 heavy (non-hydrogen) atoms. The van der Waals surface area contributed by atoms with Gasteiger partial charge in [-0.05, 0) is 56.0 Å². The fourth-order valence-corrected chi connectivity index (χ4v) is 4.08. The molecule has 7 heteroatoms. The Hall–Kier alpha value is -1.44. The van der Waals surface area contributed by atoms with E-state index in [4.69, 9.17) is 11.5 Å². The summed E-state index contributed by atoms with van der Waals surface area (Å²) in [6, 6.07) is 5.75. The summed E-state index contributed by atoms with van der Waals surface area (Å²) in [5, 5.41) is 0. The van der Waals surface area contributed by atoms with E-state index in [1.807, 2.05) is 0 Å². The first-order valence-corrected chi connectivity index (χ1v) is 8.49. The van der Waals surface area contributed by atoms with E-state index in [1.165, 1.54) is 28.6 Å². The zero-order valence-electron chi connectivity index (χ0n) is 11.9. The molecule has 116 valence electrons. The Kier molecular flexibility index (Phi) is 4.97. The molecule has 1 fully saturated rings. The second-order valence-electron chi connectivity index (χ2n) is 5.31. The molecule has 1 aliphatic rings. The molecule has 0 radical (unpaired) electrons. The fourth-order valence-electron chi connectivity index (χ4n) is 2.61. The first-order valence-electron chi connectivity index (χ1n) is 7.05. The number of benzene rings is 1. The molecule has 0 atom stereocenters. The second-order valence-corrected chi connectivity index (χ2v) is 7.25. The number of nitrogens with zero attached hydrogens (tertiary/aromatic N) is 1. The average Bonchev–Trinajstić information content (AvgIpc) is 2.48. The largest absolute Gasteiger partial charge is 0.366 e. The normalized spacial score (nSPS) is 17.8. The molecule has 0 unspecified atom stereocenters. The summed E-state index contributed by atoms with van der Waals surface area (Å²) in [6.07, 6.45) is 2.63. The molecular formula is C14H21N3O3S. The van der Waals surface area contributed by atoms with Gasteiger partial charge in [-0.25, -0.2) is 8.42 Å². The zero-order chi connectivity index (χ0) is 15.5. The molecule has 6 nitrogen and oxygen atoms in total. The minimum atomic E-state index is -3.49. The lowest BCUT2D eigenvalue weighted by Gasteiger charge is -2.31. The van der Waals surface area contributed by atoms with Gasteiger partial charge in [0.25, 0.3) is 0 Å². The van der Waals surface area contributed by atoms with E-state index in [1.54, 1.807) is 0 Å². The quantitative estimate of drug-likeness (QED) is 0.827. The lowest BCUT2D eigenvalue weighted by molar-refractivity contribution is 0.1000. The third kappa shape index (κ3) is 3.61. The Bertz CT molecular complexity index is 590. The second kappa shape index (κ2) is 6.55. The van der Waals surface area contributed by atoms with Crippen LogP contribution in [0.2, 0.25) is 0 Å². The molecule has 1 aromatic carbocycles. The van der Waals surface area contributed by atoms with Gasteiger partial charge in [-0.2, -0.15) is 4.31 Å². The number of carbonyl (C=O) groups is 1. The van der Waals surface area contributed by atoms with Crippen LogP contribution in [-0.4, -0.2) is 38.3 Å². The Balaban J connectivity index is 2.10. The van der Waals surface area contributed by atoms with Crippen molar-refractivity contribution in [3.05, 3.63) is 29.8 Å². The molecule has 1 aliphatic heterocycles. The summed E-state index contributed by atoms with van der Waals surface area (Å²) in [5.41, 5.74) is 11.0. The van der Waals surface area contributed by atoms with Crippen LogP contribution in [0.25, 0.3) is 0 Å². The first kappa shape index (κ1) is 15.9. The van der Waals surface area contributed by atoms with Crippen LogP contribution >= 0.6 is 0 Å². The van der Waals surface area contributed by atoms with Crippen LogP contribution in [0, 0.1) is 5.92 Å². The van der Waals surface area contributed by atoms with Crippen molar-refractivity contribution in [1.29, 1.82) is 0 Å². The molecule has 1 saturated heterocycles. The van der Waals surface area contributed by atoms with Gasteiger partial charge in [0.15, 0.2) is 0 Å². The SMILES string of the molecule is NCCC1CCN(S(=O)(=O)c2ccc(C(N)=O)cc2)CC1. The summed E-state index contributed by atoms with van der Waals surface area (Å²) in [6.45, 7) is 1.68. The number of sulfonamides is 1. The number of piperidine rings is 1. The van der Waals surface area contributed by atoms with Gasteiger partial charge in [0.05, 0.1) is 4.90 Å². The summed E-state index contributed by atoms with van der Waals surface area (Å²) < 4.78 is 26.5. The van der Waals surface area contributed by atoms with E-state index >= 15 is 0 Å². The summed E-state index contributed by atoms with van der Waals surface area (Å²) in [5.74, 6) is -0.0553. The highest BCUT2D eigenvalue weighted by atomic mass is 32.2. The standard InChI is InChI=1S/C14H21N3O3S/c15-8-5-11-6-9-17(10-7-11)21(19,20)13-3-1-12(2-4-13)14(16)18/h1-4,11H,5-10,15H2,(H2,16,18). The topological polar surface area (TPSA) is 106 Å².